The maximum absolute atomic E-state index is 13.3. The normalized spacial score (nSPS) is 15.8. The number of carbonyl (C=O) groups is 2. The highest BCUT2D eigenvalue weighted by Gasteiger charge is 2.36. The Morgan fingerprint density at radius 3 is 2.18 bits per heavy atom. The van der Waals surface area contributed by atoms with Gasteiger partial charge in [-0.25, -0.2) is 9.59 Å². The number of ether oxygens (including phenoxy) is 2. The van der Waals surface area contributed by atoms with Crippen LogP contribution in [0.5, 0.6) is 5.75 Å². The van der Waals surface area contributed by atoms with Crippen LogP contribution in [0.2, 0.25) is 0 Å². The lowest BCUT2D eigenvalue weighted by Crippen LogP contribution is -2.47. The number of benzene rings is 3. The molecular formula is C27H26N2O4. The summed E-state index contributed by atoms with van der Waals surface area (Å²) in [6, 6.07) is 25.6. The van der Waals surface area contributed by atoms with E-state index in [9.17, 15) is 9.59 Å². The fraction of sp³-hybridized carbons (Fsp3) is 0.185. The first kappa shape index (κ1) is 22.1. The number of hydrogen-bond donors (Lipinski definition) is 1. The molecule has 3 aromatic rings. The molecule has 1 aliphatic heterocycles. The molecule has 1 atom stereocenters. The molecule has 0 radical (unpaired) electrons. The van der Waals surface area contributed by atoms with Crippen molar-refractivity contribution >= 4 is 12.0 Å². The summed E-state index contributed by atoms with van der Waals surface area (Å²) >= 11 is 0. The lowest BCUT2D eigenvalue weighted by Gasteiger charge is -2.35. The summed E-state index contributed by atoms with van der Waals surface area (Å²) in [5.41, 5.74) is 3.63. The quantitative estimate of drug-likeness (QED) is 0.524. The molecule has 6 nitrogen and oxygen atoms in total. The van der Waals surface area contributed by atoms with E-state index >= 15 is 0 Å². The van der Waals surface area contributed by atoms with Gasteiger partial charge in [0.15, 0.2) is 0 Å². The SMILES string of the molecule is COc1ccc(CN2C(=O)NC(c3ccccc3)C(C(=O)OCc3ccccc3)=C2C)cc1. The molecule has 1 heterocycles. The highest BCUT2D eigenvalue weighted by atomic mass is 16.5. The van der Waals surface area contributed by atoms with Crippen LogP contribution in [0.25, 0.3) is 0 Å². The van der Waals surface area contributed by atoms with E-state index in [1.165, 1.54) is 0 Å². The Morgan fingerprint density at radius 1 is 0.909 bits per heavy atom. The molecule has 3 aromatic carbocycles. The zero-order chi connectivity index (χ0) is 23.2. The third kappa shape index (κ3) is 5.06. The number of rotatable bonds is 7. The van der Waals surface area contributed by atoms with Gasteiger partial charge < -0.3 is 14.8 Å². The van der Waals surface area contributed by atoms with E-state index in [4.69, 9.17) is 9.47 Å². The van der Waals surface area contributed by atoms with Gasteiger partial charge in [-0.05, 0) is 35.7 Å². The summed E-state index contributed by atoms with van der Waals surface area (Å²) in [6.07, 6.45) is 0. The van der Waals surface area contributed by atoms with Gasteiger partial charge in [-0.15, -0.1) is 0 Å². The minimum absolute atomic E-state index is 0.157. The Kier molecular flexibility index (Phi) is 6.74. The van der Waals surface area contributed by atoms with Gasteiger partial charge in [-0.2, -0.15) is 0 Å². The first-order chi connectivity index (χ1) is 16.1. The van der Waals surface area contributed by atoms with Gasteiger partial charge in [-0.1, -0.05) is 72.8 Å². The number of allylic oxidation sites excluding steroid dienone is 1. The van der Waals surface area contributed by atoms with Crippen LogP contribution >= 0.6 is 0 Å². The Morgan fingerprint density at radius 2 is 1.55 bits per heavy atom. The van der Waals surface area contributed by atoms with Crippen LogP contribution < -0.4 is 10.1 Å². The number of amides is 2. The lowest BCUT2D eigenvalue weighted by molar-refractivity contribution is -0.141. The number of hydrogen-bond acceptors (Lipinski definition) is 4. The van der Waals surface area contributed by atoms with Crippen molar-refractivity contribution in [3.63, 3.8) is 0 Å². The zero-order valence-electron chi connectivity index (χ0n) is 18.7. The summed E-state index contributed by atoms with van der Waals surface area (Å²) in [5.74, 6) is 0.286. The smallest absolute Gasteiger partial charge is 0.338 e. The molecule has 33 heavy (non-hydrogen) atoms. The molecule has 4 rings (SSSR count). The van der Waals surface area contributed by atoms with Crippen molar-refractivity contribution in [1.82, 2.24) is 10.2 Å². The van der Waals surface area contributed by atoms with E-state index in [2.05, 4.69) is 5.32 Å². The van der Waals surface area contributed by atoms with E-state index in [-0.39, 0.29) is 12.6 Å². The van der Waals surface area contributed by atoms with Crippen LogP contribution in [0.1, 0.15) is 29.7 Å². The van der Waals surface area contributed by atoms with Crippen LogP contribution in [0.4, 0.5) is 4.79 Å². The minimum Gasteiger partial charge on any atom is -0.497 e. The molecule has 0 spiro atoms. The molecule has 0 aromatic heterocycles. The van der Waals surface area contributed by atoms with Gasteiger partial charge in [0, 0.05) is 5.70 Å². The summed E-state index contributed by atoms with van der Waals surface area (Å²) in [5, 5.41) is 2.99. The molecule has 1 aliphatic rings. The van der Waals surface area contributed by atoms with Gasteiger partial charge in [0.2, 0.25) is 0 Å². The molecule has 168 valence electrons. The highest BCUT2D eigenvalue weighted by Crippen LogP contribution is 2.32. The largest absolute Gasteiger partial charge is 0.497 e. The third-order valence-electron chi connectivity index (χ3n) is 5.66. The standard InChI is InChI=1S/C27H26N2O4/c1-19-24(26(30)33-18-21-9-5-3-6-10-21)25(22-11-7-4-8-12-22)28-27(31)29(19)17-20-13-15-23(32-2)16-14-20/h3-16,25H,17-18H2,1-2H3,(H,28,31). The number of nitrogens with zero attached hydrogens (tertiary/aromatic N) is 1. The van der Waals surface area contributed by atoms with Gasteiger partial charge in [0.1, 0.15) is 12.4 Å². The highest BCUT2D eigenvalue weighted by molar-refractivity contribution is 5.95. The van der Waals surface area contributed by atoms with E-state index in [1.807, 2.05) is 84.9 Å². The maximum Gasteiger partial charge on any atom is 0.338 e. The molecule has 0 aliphatic carbocycles. The van der Waals surface area contributed by atoms with Crippen LogP contribution in [-0.4, -0.2) is 24.0 Å². The molecule has 1 unspecified atom stereocenters. The molecule has 0 bridgehead atoms. The van der Waals surface area contributed by atoms with E-state index in [0.717, 1.165) is 22.4 Å². The van der Waals surface area contributed by atoms with E-state index < -0.39 is 12.0 Å². The molecule has 2 amide bonds. The van der Waals surface area contributed by atoms with Crippen LogP contribution in [0.3, 0.4) is 0 Å². The first-order valence-electron chi connectivity index (χ1n) is 10.7. The molecule has 1 N–H and O–H groups in total. The predicted molar refractivity (Wildman–Crippen MR) is 125 cm³/mol. The third-order valence-corrected chi connectivity index (χ3v) is 5.66. The topological polar surface area (TPSA) is 67.9 Å². The summed E-state index contributed by atoms with van der Waals surface area (Å²) in [4.78, 5) is 27.9. The summed E-state index contributed by atoms with van der Waals surface area (Å²) in [6.45, 7) is 2.26. The average Bonchev–Trinajstić information content (AvgIpc) is 2.86. The van der Waals surface area contributed by atoms with E-state index in [1.54, 1.807) is 18.9 Å². The van der Waals surface area contributed by atoms with E-state index in [0.29, 0.717) is 17.8 Å². The van der Waals surface area contributed by atoms with Crippen molar-refractivity contribution in [3.05, 3.63) is 113 Å². The van der Waals surface area contributed by atoms with Gasteiger partial charge in [0.25, 0.3) is 0 Å². The van der Waals surface area contributed by atoms with Crippen molar-refractivity contribution in [1.29, 1.82) is 0 Å². The van der Waals surface area contributed by atoms with Gasteiger partial charge in [0.05, 0.1) is 25.3 Å². The zero-order valence-corrected chi connectivity index (χ0v) is 18.7. The fourth-order valence-electron chi connectivity index (χ4n) is 3.85. The number of methoxy groups -OCH3 is 1. The Bertz CT molecular complexity index is 1140. The molecule has 0 saturated heterocycles. The predicted octanol–water partition coefficient (Wildman–Crippen LogP) is 4.98. The van der Waals surface area contributed by atoms with Crippen LogP contribution in [-0.2, 0) is 22.7 Å². The minimum atomic E-state index is -0.589. The second-order valence-corrected chi connectivity index (χ2v) is 7.79. The van der Waals surface area contributed by atoms with Crippen molar-refractivity contribution in [2.45, 2.75) is 26.1 Å². The monoisotopic (exact) mass is 442 g/mol. The Labute approximate surface area is 193 Å². The molecule has 6 heteroatoms. The van der Waals surface area contributed by atoms with Gasteiger partial charge >= 0.3 is 12.0 Å². The summed E-state index contributed by atoms with van der Waals surface area (Å²) < 4.78 is 10.9. The number of nitrogens with one attached hydrogen (secondary N) is 1. The molecular weight excluding hydrogens is 416 g/mol. The Balaban J connectivity index is 1.65. The van der Waals surface area contributed by atoms with Crippen LogP contribution in [0, 0.1) is 0 Å². The lowest BCUT2D eigenvalue weighted by atomic mass is 9.94. The second kappa shape index (κ2) is 10.0. The maximum atomic E-state index is 13.3. The fourth-order valence-corrected chi connectivity index (χ4v) is 3.85. The first-order valence-corrected chi connectivity index (χ1v) is 10.7. The second-order valence-electron chi connectivity index (χ2n) is 7.79. The van der Waals surface area contributed by atoms with Crippen molar-refractivity contribution in [3.8, 4) is 5.75 Å². The van der Waals surface area contributed by atoms with Crippen LogP contribution in [0.15, 0.2) is 96.2 Å². The Hall–Kier alpha value is -4.06. The number of carbonyl (C=O) groups excluding carboxylic acids is 2. The van der Waals surface area contributed by atoms with Crippen molar-refractivity contribution < 1.29 is 19.1 Å². The molecule has 0 fully saturated rings. The van der Waals surface area contributed by atoms with Gasteiger partial charge in [-0.3, -0.25) is 4.90 Å². The average molecular weight is 443 g/mol. The molecule has 0 saturated carbocycles. The van der Waals surface area contributed by atoms with Crippen molar-refractivity contribution in [2.75, 3.05) is 7.11 Å². The summed E-state index contributed by atoms with van der Waals surface area (Å²) in [7, 11) is 1.61. The van der Waals surface area contributed by atoms with Crippen molar-refractivity contribution in [2.24, 2.45) is 0 Å². The number of urea groups is 1. The number of esters is 1.